The Morgan fingerprint density at radius 2 is 1.80 bits per heavy atom. The smallest absolute Gasteiger partial charge is 0.423 e. The van der Waals surface area contributed by atoms with E-state index in [2.05, 4.69) is 4.99 Å². The molecule has 0 saturated carbocycles. The van der Waals surface area contributed by atoms with Gasteiger partial charge in [-0.2, -0.15) is 0 Å². The average molecular weight is 207 g/mol. The molecule has 5 nitrogen and oxygen atoms in total. The van der Waals surface area contributed by atoms with Crippen molar-refractivity contribution in [1.29, 1.82) is 0 Å². The molecule has 0 aliphatic rings. The van der Waals surface area contributed by atoms with Gasteiger partial charge in [-0.15, -0.1) is 0 Å². The first-order valence-corrected chi connectivity index (χ1v) is 4.60. The number of rotatable bonds is 4. The normalized spacial score (nSPS) is 9.73. The lowest BCUT2D eigenvalue weighted by atomic mass is 9.80. The van der Waals surface area contributed by atoms with Crippen LogP contribution in [0, 0.1) is 0 Å². The second-order valence-electron chi connectivity index (χ2n) is 3.17. The Balaban J connectivity index is 2.53. The van der Waals surface area contributed by atoms with Crippen LogP contribution >= 0.6 is 0 Å². The fraction of sp³-hybridized carbons (Fsp3) is 0.222. The van der Waals surface area contributed by atoms with Crippen molar-refractivity contribution < 1.29 is 10.0 Å². The lowest BCUT2D eigenvalue weighted by molar-refractivity contribution is 0.426. The summed E-state index contributed by atoms with van der Waals surface area (Å²) >= 11 is 0. The second kappa shape index (κ2) is 5.38. The van der Waals surface area contributed by atoms with Gasteiger partial charge in [-0.05, 0) is 17.4 Å². The van der Waals surface area contributed by atoms with Crippen molar-refractivity contribution in [1.82, 2.24) is 0 Å². The van der Waals surface area contributed by atoms with Gasteiger partial charge in [-0.25, -0.2) is 0 Å². The molecule has 80 valence electrons. The predicted octanol–water partition coefficient (Wildman–Crippen LogP) is -1.82. The van der Waals surface area contributed by atoms with Crippen LogP contribution in [0.15, 0.2) is 29.3 Å². The third-order valence-electron chi connectivity index (χ3n) is 1.97. The minimum Gasteiger partial charge on any atom is -0.423 e. The van der Waals surface area contributed by atoms with Crippen molar-refractivity contribution in [2.45, 2.75) is 6.42 Å². The zero-order valence-electron chi connectivity index (χ0n) is 8.30. The molecule has 0 aromatic heterocycles. The van der Waals surface area contributed by atoms with Gasteiger partial charge in [-0.3, -0.25) is 4.99 Å². The minimum atomic E-state index is -1.42. The molecule has 6 N–H and O–H groups in total. The molecule has 1 rings (SSSR count). The highest BCUT2D eigenvalue weighted by Gasteiger charge is 2.09. The van der Waals surface area contributed by atoms with Crippen molar-refractivity contribution in [3.05, 3.63) is 29.8 Å². The molecule has 0 heterocycles. The highest BCUT2D eigenvalue weighted by atomic mass is 16.4. The predicted molar refractivity (Wildman–Crippen MR) is 60.6 cm³/mol. The molecule has 1 aromatic carbocycles. The van der Waals surface area contributed by atoms with Gasteiger partial charge in [0.25, 0.3) is 0 Å². The molecule has 0 aliphatic heterocycles. The first-order chi connectivity index (χ1) is 7.09. The van der Waals surface area contributed by atoms with E-state index in [1.54, 1.807) is 12.1 Å². The third-order valence-corrected chi connectivity index (χ3v) is 1.97. The van der Waals surface area contributed by atoms with Crippen molar-refractivity contribution in [2.75, 3.05) is 6.54 Å². The van der Waals surface area contributed by atoms with E-state index in [4.69, 9.17) is 21.5 Å². The molecule has 6 heteroatoms. The summed E-state index contributed by atoms with van der Waals surface area (Å²) in [6, 6.07) is 6.96. The quantitative estimate of drug-likeness (QED) is 0.265. The van der Waals surface area contributed by atoms with Gasteiger partial charge >= 0.3 is 7.12 Å². The molecule has 0 unspecified atom stereocenters. The third kappa shape index (κ3) is 4.01. The zero-order valence-corrected chi connectivity index (χ0v) is 8.30. The maximum absolute atomic E-state index is 8.86. The van der Waals surface area contributed by atoms with E-state index in [0.717, 1.165) is 12.0 Å². The van der Waals surface area contributed by atoms with E-state index in [0.29, 0.717) is 12.0 Å². The molecule has 0 fully saturated rings. The van der Waals surface area contributed by atoms with Crippen LogP contribution in [-0.4, -0.2) is 29.7 Å². The summed E-state index contributed by atoms with van der Waals surface area (Å²) in [4.78, 5) is 3.85. The molecule has 0 atom stereocenters. The monoisotopic (exact) mass is 207 g/mol. The summed E-state index contributed by atoms with van der Waals surface area (Å²) in [6.45, 7) is 0.531. The van der Waals surface area contributed by atoms with E-state index in [9.17, 15) is 0 Å². The maximum Gasteiger partial charge on any atom is 0.488 e. The number of nitrogens with two attached hydrogens (primary N) is 2. The molecule has 0 aliphatic carbocycles. The van der Waals surface area contributed by atoms with E-state index >= 15 is 0 Å². The van der Waals surface area contributed by atoms with Crippen LogP contribution in [0.25, 0.3) is 0 Å². The van der Waals surface area contributed by atoms with Gasteiger partial charge < -0.3 is 21.5 Å². The lowest BCUT2D eigenvalue weighted by Crippen LogP contribution is -2.29. The standard InChI is InChI=1S/C9H14BN3O2/c11-9(12)13-6-5-7-1-3-8(4-2-7)10(14)15/h1-4,14-15H,5-6H2,(H4,11,12,13). The van der Waals surface area contributed by atoms with Crippen LogP contribution in [0.3, 0.4) is 0 Å². The number of benzene rings is 1. The Morgan fingerprint density at radius 3 is 2.27 bits per heavy atom. The fourth-order valence-electron chi connectivity index (χ4n) is 1.17. The summed E-state index contributed by atoms with van der Waals surface area (Å²) in [6.07, 6.45) is 0.722. The van der Waals surface area contributed by atoms with Crippen molar-refractivity contribution >= 4 is 18.5 Å². The van der Waals surface area contributed by atoms with Crippen LogP contribution in [0.4, 0.5) is 0 Å². The molecule has 0 spiro atoms. The maximum atomic E-state index is 8.86. The molecule has 15 heavy (non-hydrogen) atoms. The summed E-state index contributed by atoms with van der Waals surface area (Å²) < 4.78 is 0. The Hall–Kier alpha value is -1.53. The highest BCUT2D eigenvalue weighted by molar-refractivity contribution is 6.58. The lowest BCUT2D eigenvalue weighted by Gasteiger charge is -2.01. The van der Waals surface area contributed by atoms with Crippen LogP contribution < -0.4 is 16.9 Å². The SMILES string of the molecule is NC(N)=NCCc1ccc(B(O)O)cc1. The number of nitrogens with zero attached hydrogens (tertiary/aromatic N) is 1. The fourth-order valence-corrected chi connectivity index (χ4v) is 1.17. The Bertz CT molecular complexity index is 334. The van der Waals surface area contributed by atoms with E-state index in [-0.39, 0.29) is 5.96 Å². The Labute approximate surface area is 88.6 Å². The summed E-state index contributed by atoms with van der Waals surface area (Å²) in [7, 11) is -1.42. The number of hydrogen-bond donors (Lipinski definition) is 4. The first-order valence-electron chi connectivity index (χ1n) is 4.60. The van der Waals surface area contributed by atoms with Crippen molar-refractivity contribution in [2.24, 2.45) is 16.5 Å². The van der Waals surface area contributed by atoms with Crippen LogP contribution in [0.2, 0.25) is 0 Å². The summed E-state index contributed by atoms with van der Waals surface area (Å²) in [5, 5.41) is 17.7. The topological polar surface area (TPSA) is 105 Å². The van der Waals surface area contributed by atoms with E-state index in [1.165, 1.54) is 0 Å². The Kier molecular flexibility index (Phi) is 4.14. The van der Waals surface area contributed by atoms with Gasteiger partial charge in [0.05, 0.1) is 0 Å². The minimum absolute atomic E-state index is 0.0809. The summed E-state index contributed by atoms with van der Waals surface area (Å²) in [5.74, 6) is 0.0809. The molecule has 0 radical (unpaired) electrons. The number of guanidine groups is 1. The molecule has 0 bridgehead atoms. The molecule has 0 saturated heterocycles. The number of aliphatic imine (C=N–C) groups is 1. The van der Waals surface area contributed by atoms with Gasteiger partial charge in [0, 0.05) is 6.54 Å². The van der Waals surface area contributed by atoms with Gasteiger partial charge in [0.2, 0.25) is 0 Å². The first kappa shape index (κ1) is 11.5. The molecular formula is C9H14BN3O2. The van der Waals surface area contributed by atoms with Gasteiger partial charge in [0.1, 0.15) is 0 Å². The zero-order chi connectivity index (χ0) is 11.3. The van der Waals surface area contributed by atoms with Crippen molar-refractivity contribution in [3.8, 4) is 0 Å². The van der Waals surface area contributed by atoms with Gasteiger partial charge in [0.15, 0.2) is 5.96 Å². The molecular weight excluding hydrogens is 193 g/mol. The largest absolute Gasteiger partial charge is 0.488 e. The Morgan fingerprint density at radius 1 is 1.20 bits per heavy atom. The average Bonchev–Trinajstić information content (AvgIpc) is 2.18. The molecule has 0 amide bonds. The van der Waals surface area contributed by atoms with Crippen molar-refractivity contribution in [3.63, 3.8) is 0 Å². The van der Waals surface area contributed by atoms with E-state index in [1.807, 2.05) is 12.1 Å². The second-order valence-corrected chi connectivity index (χ2v) is 3.17. The number of hydrogen-bond acceptors (Lipinski definition) is 3. The van der Waals surface area contributed by atoms with E-state index < -0.39 is 7.12 Å². The van der Waals surface area contributed by atoms with Crippen LogP contribution in [0.1, 0.15) is 5.56 Å². The summed E-state index contributed by atoms with van der Waals surface area (Å²) in [5.41, 5.74) is 11.9. The van der Waals surface area contributed by atoms with Crippen LogP contribution in [0.5, 0.6) is 0 Å². The highest BCUT2D eigenvalue weighted by Crippen LogP contribution is 1.98. The van der Waals surface area contributed by atoms with Crippen LogP contribution in [-0.2, 0) is 6.42 Å². The molecule has 1 aromatic rings. The van der Waals surface area contributed by atoms with Gasteiger partial charge in [-0.1, -0.05) is 24.3 Å².